The fraction of sp³-hybridized carbons (Fsp3) is 0.0769. The maximum atomic E-state index is 10.8. The first-order valence-electron chi connectivity index (χ1n) is 5.16. The van der Waals surface area contributed by atoms with Gasteiger partial charge in [-0.2, -0.15) is 5.10 Å². The molecule has 0 atom stereocenters. The van der Waals surface area contributed by atoms with Crippen molar-refractivity contribution in [3.8, 4) is 5.75 Å². The van der Waals surface area contributed by atoms with Crippen molar-refractivity contribution in [2.45, 2.75) is 0 Å². The number of benzene rings is 1. The second kappa shape index (κ2) is 5.12. The van der Waals surface area contributed by atoms with Gasteiger partial charge in [0.25, 0.3) is 5.56 Å². The Bertz CT molecular complexity index is 550. The molecule has 1 aromatic carbocycles. The van der Waals surface area contributed by atoms with E-state index < -0.39 is 0 Å². The number of hydrogen-bond donors (Lipinski definition) is 1. The van der Waals surface area contributed by atoms with Crippen LogP contribution in [0.3, 0.4) is 0 Å². The number of methoxy groups -OCH3 is 1. The first kappa shape index (κ1) is 11.1. The third kappa shape index (κ3) is 3.04. The molecule has 4 nitrogen and oxygen atoms in total. The summed E-state index contributed by atoms with van der Waals surface area (Å²) in [7, 11) is 1.63. The molecule has 0 aliphatic carbocycles. The Morgan fingerprint density at radius 3 is 2.47 bits per heavy atom. The van der Waals surface area contributed by atoms with Crippen molar-refractivity contribution in [1.82, 2.24) is 10.2 Å². The highest BCUT2D eigenvalue weighted by Crippen LogP contribution is 2.13. The van der Waals surface area contributed by atoms with Crippen LogP contribution in [-0.2, 0) is 0 Å². The van der Waals surface area contributed by atoms with Crippen LogP contribution in [0.2, 0.25) is 0 Å². The van der Waals surface area contributed by atoms with Crippen LogP contribution in [0.25, 0.3) is 12.2 Å². The minimum atomic E-state index is -0.202. The molecule has 0 aliphatic rings. The van der Waals surface area contributed by atoms with Gasteiger partial charge in [0.15, 0.2) is 0 Å². The van der Waals surface area contributed by atoms with Crippen LogP contribution in [0.5, 0.6) is 5.75 Å². The average Bonchev–Trinajstić information content (AvgIpc) is 2.39. The van der Waals surface area contributed by atoms with Crippen LogP contribution in [0, 0.1) is 0 Å². The van der Waals surface area contributed by atoms with E-state index in [9.17, 15) is 4.79 Å². The van der Waals surface area contributed by atoms with Gasteiger partial charge in [-0.25, -0.2) is 5.10 Å². The summed E-state index contributed by atoms with van der Waals surface area (Å²) < 4.78 is 5.07. The summed E-state index contributed by atoms with van der Waals surface area (Å²) in [4.78, 5) is 10.8. The normalized spacial score (nSPS) is 10.6. The van der Waals surface area contributed by atoms with E-state index in [0.717, 1.165) is 11.3 Å². The van der Waals surface area contributed by atoms with E-state index in [-0.39, 0.29) is 5.56 Å². The van der Waals surface area contributed by atoms with Gasteiger partial charge in [0, 0.05) is 6.07 Å². The van der Waals surface area contributed by atoms with Crippen molar-refractivity contribution >= 4 is 12.2 Å². The molecule has 0 aliphatic heterocycles. The standard InChI is InChI=1S/C13H12N2O2/c1-17-12-7-3-10(4-8-12)2-5-11-6-9-13(16)15-14-11/h2-9H,1H3,(H,15,16). The zero-order chi connectivity index (χ0) is 12.1. The molecule has 1 heterocycles. The molecule has 0 radical (unpaired) electrons. The molecule has 17 heavy (non-hydrogen) atoms. The highest BCUT2D eigenvalue weighted by Gasteiger charge is 1.91. The summed E-state index contributed by atoms with van der Waals surface area (Å²) >= 11 is 0. The monoisotopic (exact) mass is 228 g/mol. The largest absolute Gasteiger partial charge is 0.497 e. The molecule has 0 unspecified atom stereocenters. The predicted octanol–water partition coefficient (Wildman–Crippen LogP) is 1.95. The highest BCUT2D eigenvalue weighted by atomic mass is 16.5. The van der Waals surface area contributed by atoms with Gasteiger partial charge in [-0.1, -0.05) is 18.2 Å². The Morgan fingerprint density at radius 1 is 1.12 bits per heavy atom. The molecule has 2 aromatic rings. The molecule has 0 spiro atoms. The number of nitrogens with zero attached hydrogens (tertiary/aromatic N) is 1. The molecule has 0 saturated heterocycles. The summed E-state index contributed by atoms with van der Waals surface area (Å²) in [6.07, 6.45) is 3.75. The predicted molar refractivity (Wildman–Crippen MR) is 66.8 cm³/mol. The van der Waals surface area contributed by atoms with E-state index in [0.29, 0.717) is 5.69 Å². The first-order valence-corrected chi connectivity index (χ1v) is 5.16. The fourth-order valence-corrected chi connectivity index (χ4v) is 1.34. The summed E-state index contributed by atoms with van der Waals surface area (Å²) in [6, 6.07) is 10.8. The molecule has 86 valence electrons. The third-order valence-corrected chi connectivity index (χ3v) is 2.26. The molecule has 1 N–H and O–H groups in total. The SMILES string of the molecule is COc1ccc(C=Cc2ccc(=O)[nH]n2)cc1. The lowest BCUT2D eigenvalue weighted by molar-refractivity contribution is 0.415. The minimum Gasteiger partial charge on any atom is -0.497 e. The van der Waals surface area contributed by atoms with Crippen molar-refractivity contribution in [2.75, 3.05) is 7.11 Å². The fourth-order valence-electron chi connectivity index (χ4n) is 1.34. The molecule has 1 aromatic heterocycles. The van der Waals surface area contributed by atoms with E-state index in [4.69, 9.17) is 4.74 Å². The van der Waals surface area contributed by atoms with Crippen LogP contribution >= 0.6 is 0 Å². The van der Waals surface area contributed by atoms with E-state index in [2.05, 4.69) is 10.2 Å². The van der Waals surface area contributed by atoms with Gasteiger partial charge in [0.05, 0.1) is 12.8 Å². The molecule has 0 amide bonds. The first-order chi connectivity index (χ1) is 8.28. The number of nitrogens with one attached hydrogen (secondary N) is 1. The average molecular weight is 228 g/mol. The third-order valence-electron chi connectivity index (χ3n) is 2.26. The number of rotatable bonds is 3. The topological polar surface area (TPSA) is 55.0 Å². The summed E-state index contributed by atoms with van der Waals surface area (Å²) in [5.74, 6) is 0.823. The second-order valence-corrected chi connectivity index (χ2v) is 3.45. The van der Waals surface area contributed by atoms with Crippen molar-refractivity contribution < 1.29 is 4.74 Å². The molecule has 0 bridgehead atoms. The van der Waals surface area contributed by atoms with Crippen molar-refractivity contribution in [2.24, 2.45) is 0 Å². The number of H-pyrrole nitrogens is 1. The zero-order valence-electron chi connectivity index (χ0n) is 9.38. The van der Waals surface area contributed by atoms with E-state index in [1.54, 1.807) is 13.2 Å². The smallest absolute Gasteiger partial charge is 0.264 e. The van der Waals surface area contributed by atoms with Crippen LogP contribution in [0.4, 0.5) is 0 Å². The lowest BCUT2D eigenvalue weighted by Crippen LogP contribution is -2.05. The van der Waals surface area contributed by atoms with Gasteiger partial charge in [-0.15, -0.1) is 0 Å². The van der Waals surface area contributed by atoms with E-state index in [1.807, 2.05) is 36.4 Å². The minimum absolute atomic E-state index is 0.202. The Labute approximate surface area is 98.6 Å². The van der Waals surface area contributed by atoms with Gasteiger partial charge in [0.1, 0.15) is 5.75 Å². The van der Waals surface area contributed by atoms with Crippen LogP contribution in [0.15, 0.2) is 41.2 Å². The van der Waals surface area contributed by atoms with E-state index >= 15 is 0 Å². The maximum absolute atomic E-state index is 10.8. The second-order valence-electron chi connectivity index (χ2n) is 3.45. The van der Waals surface area contributed by atoms with Gasteiger partial charge < -0.3 is 4.74 Å². The summed E-state index contributed by atoms with van der Waals surface area (Å²) in [5, 5.41) is 6.26. The number of aromatic nitrogens is 2. The lowest BCUT2D eigenvalue weighted by atomic mass is 10.2. The van der Waals surface area contributed by atoms with Crippen molar-refractivity contribution in [1.29, 1.82) is 0 Å². The Hall–Kier alpha value is -2.36. The number of hydrogen-bond acceptors (Lipinski definition) is 3. The molecule has 2 rings (SSSR count). The highest BCUT2D eigenvalue weighted by molar-refractivity contribution is 5.67. The van der Waals surface area contributed by atoms with Crippen LogP contribution in [0.1, 0.15) is 11.3 Å². The van der Waals surface area contributed by atoms with Gasteiger partial charge in [0.2, 0.25) is 0 Å². The quantitative estimate of drug-likeness (QED) is 0.873. The Kier molecular flexibility index (Phi) is 3.35. The van der Waals surface area contributed by atoms with Gasteiger partial charge in [-0.05, 0) is 29.8 Å². The number of ether oxygens (including phenoxy) is 1. The maximum Gasteiger partial charge on any atom is 0.264 e. The number of aromatic amines is 1. The summed E-state index contributed by atoms with van der Waals surface area (Å²) in [6.45, 7) is 0. The molecule has 0 saturated carbocycles. The molecule has 4 heteroatoms. The molecular weight excluding hydrogens is 216 g/mol. The Balaban J connectivity index is 2.14. The zero-order valence-corrected chi connectivity index (χ0v) is 9.38. The van der Waals surface area contributed by atoms with Crippen LogP contribution in [-0.4, -0.2) is 17.3 Å². The molecule has 0 fully saturated rings. The van der Waals surface area contributed by atoms with E-state index in [1.165, 1.54) is 6.07 Å². The van der Waals surface area contributed by atoms with Crippen molar-refractivity contribution in [3.05, 3.63) is 58.0 Å². The van der Waals surface area contributed by atoms with Gasteiger partial charge >= 0.3 is 0 Å². The lowest BCUT2D eigenvalue weighted by Gasteiger charge is -1.98. The molecular formula is C13H12N2O2. The Morgan fingerprint density at radius 2 is 1.88 bits per heavy atom. The van der Waals surface area contributed by atoms with Gasteiger partial charge in [-0.3, -0.25) is 4.79 Å². The summed E-state index contributed by atoms with van der Waals surface area (Å²) in [5.41, 5.74) is 1.55. The van der Waals surface area contributed by atoms with Crippen molar-refractivity contribution in [3.63, 3.8) is 0 Å². The van der Waals surface area contributed by atoms with Crippen LogP contribution < -0.4 is 10.3 Å².